The summed E-state index contributed by atoms with van der Waals surface area (Å²) >= 11 is 5.99. The van der Waals surface area contributed by atoms with E-state index in [4.69, 9.17) is 16.3 Å². The van der Waals surface area contributed by atoms with Gasteiger partial charge >= 0.3 is 0 Å². The molecule has 0 spiro atoms. The summed E-state index contributed by atoms with van der Waals surface area (Å²) in [6, 6.07) is 11.8. The number of hydrogen-bond acceptors (Lipinski definition) is 4. The lowest BCUT2D eigenvalue weighted by atomic mass is 10.1. The normalized spacial score (nSPS) is 16.3. The van der Waals surface area contributed by atoms with Crippen LogP contribution in [0.3, 0.4) is 0 Å². The summed E-state index contributed by atoms with van der Waals surface area (Å²) in [5.74, 6) is -0.542. The van der Waals surface area contributed by atoms with Crippen molar-refractivity contribution < 1.29 is 19.1 Å². The van der Waals surface area contributed by atoms with Gasteiger partial charge in [-0.25, -0.2) is 0 Å². The molecule has 0 radical (unpaired) electrons. The highest BCUT2D eigenvalue weighted by Crippen LogP contribution is 2.30. The number of rotatable bonds is 5. The second kappa shape index (κ2) is 7.80. The maximum atomic E-state index is 12.6. The van der Waals surface area contributed by atoms with E-state index < -0.39 is 5.92 Å². The molecule has 0 saturated carbocycles. The number of nitrogens with one attached hydrogen (secondary N) is 1. The number of methoxy groups -OCH3 is 1. The number of hydrogen-bond donors (Lipinski definition) is 1. The van der Waals surface area contributed by atoms with E-state index in [-0.39, 0.29) is 30.6 Å². The summed E-state index contributed by atoms with van der Waals surface area (Å²) in [6.07, 6.45) is 0.0962. The number of carbonyl (C=O) groups excluding carboxylic acids is 3. The van der Waals surface area contributed by atoms with Gasteiger partial charge in [0.05, 0.1) is 18.7 Å². The Morgan fingerprint density at radius 3 is 2.70 bits per heavy atom. The summed E-state index contributed by atoms with van der Waals surface area (Å²) in [4.78, 5) is 38.2. The fourth-order valence-electron chi connectivity index (χ4n) is 3.04. The van der Waals surface area contributed by atoms with Crippen LogP contribution in [0.5, 0.6) is 5.75 Å². The molecule has 2 amide bonds. The summed E-state index contributed by atoms with van der Waals surface area (Å²) < 4.78 is 5.23. The van der Waals surface area contributed by atoms with Gasteiger partial charge in [-0.15, -0.1) is 0 Å². The Hall–Kier alpha value is -2.86. The van der Waals surface area contributed by atoms with Gasteiger partial charge in [-0.1, -0.05) is 23.7 Å². The zero-order valence-electron chi connectivity index (χ0n) is 15.0. The van der Waals surface area contributed by atoms with Gasteiger partial charge in [-0.2, -0.15) is 0 Å². The Bertz CT molecular complexity index is 913. The Morgan fingerprint density at radius 1 is 1.22 bits per heavy atom. The van der Waals surface area contributed by atoms with Crippen LogP contribution >= 0.6 is 11.6 Å². The lowest BCUT2D eigenvalue weighted by Gasteiger charge is -2.18. The van der Waals surface area contributed by atoms with Gasteiger partial charge in [0.1, 0.15) is 5.75 Å². The van der Waals surface area contributed by atoms with E-state index in [2.05, 4.69) is 5.32 Å². The van der Waals surface area contributed by atoms with Crippen molar-refractivity contribution in [2.24, 2.45) is 5.92 Å². The minimum atomic E-state index is -0.512. The van der Waals surface area contributed by atoms with E-state index in [9.17, 15) is 14.4 Å². The maximum Gasteiger partial charge on any atom is 0.229 e. The molecule has 1 aliphatic rings. The highest BCUT2D eigenvalue weighted by atomic mass is 35.5. The first kappa shape index (κ1) is 18.9. The summed E-state index contributed by atoms with van der Waals surface area (Å²) in [5, 5.41) is 3.25. The SMILES string of the molecule is COc1ccc(Cl)cc1NC(=O)C1CC(=O)N(c2cccc(C(C)=O)c2)C1. The first-order chi connectivity index (χ1) is 12.9. The van der Waals surface area contributed by atoms with Crippen molar-refractivity contribution in [2.75, 3.05) is 23.9 Å². The van der Waals surface area contributed by atoms with Crippen LogP contribution in [0.25, 0.3) is 0 Å². The largest absolute Gasteiger partial charge is 0.495 e. The van der Waals surface area contributed by atoms with Crippen LogP contribution in [0.4, 0.5) is 11.4 Å². The molecular weight excluding hydrogens is 368 g/mol. The molecule has 1 saturated heterocycles. The quantitative estimate of drug-likeness (QED) is 0.797. The number of nitrogens with zero attached hydrogens (tertiary/aromatic N) is 1. The van der Waals surface area contributed by atoms with E-state index in [1.807, 2.05) is 0 Å². The third-order valence-corrected chi connectivity index (χ3v) is 4.71. The predicted octanol–water partition coefficient (Wildman–Crippen LogP) is 3.54. The molecule has 1 heterocycles. The molecule has 140 valence electrons. The van der Waals surface area contributed by atoms with Gasteiger partial charge in [-0.3, -0.25) is 14.4 Å². The minimum Gasteiger partial charge on any atom is -0.495 e. The number of benzene rings is 2. The molecule has 7 heteroatoms. The third kappa shape index (κ3) is 4.11. The van der Waals surface area contributed by atoms with Gasteiger partial charge in [0.25, 0.3) is 0 Å². The van der Waals surface area contributed by atoms with Crippen LogP contribution in [-0.4, -0.2) is 31.3 Å². The molecule has 1 atom stereocenters. The summed E-state index contributed by atoms with van der Waals surface area (Å²) in [5.41, 5.74) is 1.60. The van der Waals surface area contributed by atoms with E-state index in [0.29, 0.717) is 27.7 Å². The second-order valence-corrected chi connectivity index (χ2v) is 6.78. The van der Waals surface area contributed by atoms with Crippen LogP contribution in [0.2, 0.25) is 5.02 Å². The molecule has 0 bridgehead atoms. The Balaban J connectivity index is 1.75. The van der Waals surface area contributed by atoms with Crippen molar-refractivity contribution in [3.05, 3.63) is 53.1 Å². The van der Waals surface area contributed by atoms with Crippen molar-refractivity contribution >= 4 is 40.6 Å². The molecule has 1 N–H and O–H groups in total. The number of ketones is 1. The molecule has 0 aromatic heterocycles. The fourth-order valence-corrected chi connectivity index (χ4v) is 3.21. The van der Waals surface area contributed by atoms with Gasteiger partial charge < -0.3 is 15.0 Å². The standard InChI is InChI=1S/C20H19ClN2O4/c1-12(24)13-4-3-5-16(8-13)23-11-14(9-19(23)25)20(26)22-17-10-15(21)6-7-18(17)27-2/h3-8,10,14H,9,11H2,1-2H3,(H,22,26). The number of carbonyl (C=O) groups is 3. The molecule has 1 unspecified atom stereocenters. The van der Waals surface area contributed by atoms with E-state index >= 15 is 0 Å². The smallest absolute Gasteiger partial charge is 0.229 e. The Labute approximate surface area is 162 Å². The average Bonchev–Trinajstić information content (AvgIpc) is 3.04. The highest BCUT2D eigenvalue weighted by Gasteiger charge is 2.35. The van der Waals surface area contributed by atoms with E-state index in [0.717, 1.165) is 0 Å². The second-order valence-electron chi connectivity index (χ2n) is 6.35. The molecule has 1 aliphatic heterocycles. The number of anilines is 2. The van der Waals surface area contributed by atoms with Gasteiger partial charge in [-0.05, 0) is 37.3 Å². The monoisotopic (exact) mass is 386 g/mol. The fraction of sp³-hybridized carbons (Fsp3) is 0.250. The molecule has 2 aromatic carbocycles. The lowest BCUT2D eigenvalue weighted by Crippen LogP contribution is -2.28. The molecule has 1 fully saturated rings. The third-order valence-electron chi connectivity index (χ3n) is 4.48. The molecule has 0 aliphatic carbocycles. The van der Waals surface area contributed by atoms with E-state index in [1.54, 1.807) is 42.5 Å². The van der Waals surface area contributed by atoms with Crippen molar-refractivity contribution in [3.8, 4) is 5.75 Å². The zero-order valence-corrected chi connectivity index (χ0v) is 15.7. The van der Waals surface area contributed by atoms with Crippen molar-refractivity contribution in [3.63, 3.8) is 0 Å². The first-order valence-corrected chi connectivity index (χ1v) is 8.82. The summed E-state index contributed by atoms with van der Waals surface area (Å²) in [7, 11) is 1.50. The Kier molecular flexibility index (Phi) is 5.46. The summed E-state index contributed by atoms with van der Waals surface area (Å²) in [6.45, 7) is 1.72. The number of ether oxygens (including phenoxy) is 1. The van der Waals surface area contributed by atoms with Crippen LogP contribution in [0.15, 0.2) is 42.5 Å². The van der Waals surface area contributed by atoms with E-state index in [1.165, 1.54) is 18.9 Å². The van der Waals surface area contributed by atoms with Crippen molar-refractivity contribution in [1.82, 2.24) is 0 Å². The average molecular weight is 387 g/mol. The van der Waals surface area contributed by atoms with Crippen LogP contribution < -0.4 is 15.0 Å². The molecule has 2 aromatic rings. The highest BCUT2D eigenvalue weighted by molar-refractivity contribution is 6.31. The molecular formula is C20H19ClN2O4. The number of Topliss-reactive ketones (excluding diaryl/α,β-unsaturated/α-hetero) is 1. The maximum absolute atomic E-state index is 12.6. The molecule has 3 rings (SSSR count). The van der Waals surface area contributed by atoms with Gasteiger partial charge in [0.2, 0.25) is 11.8 Å². The van der Waals surface area contributed by atoms with Crippen molar-refractivity contribution in [1.29, 1.82) is 0 Å². The predicted molar refractivity (Wildman–Crippen MR) is 104 cm³/mol. The topological polar surface area (TPSA) is 75.7 Å². The zero-order chi connectivity index (χ0) is 19.6. The number of amides is 2. The van der Waals surface area contributed by atoms with Gasteiger partial charge in [0, 0.05) is 29.2 Å². The van der Waals surface area contributed by atoms with Crippen LogP contribution in [0, 0.1) is 5.92 Å². The number of halogens is 1. The first-order valence-electron chi connectivity index (χ1n) is 8.45. The molecule has 6 nitrogen and oxygen atoms in total. The minimum absolute atomic E-state index is 0.0779. The lowest BCUT2D eigenvalue weighted by molar-refractivity contribution is -0.122. The van der Waals surface area contributed by atoms with Crippen molar-refractivity contribution in [2.45, 2.75) is 13.3 Å². The molecule has 27 heavy (non-hydrogen) atoms. The van der Waals surface area contributed by atoms with Crippen LogP contribution in [0.1, 0.15) is 23.7 Å². The Morgan fingerprint density at radius 2 is 2.00 bits per heavy atom. The van der Waals surface area contributed by atoms with Gasteiger partial charge in [0.15, 0.2) is 5.78 Å². The van der Waals surface area contributed by atoms with Crippen LogP contribution in [-0.2, 0) is 9.59 Å².